The van der Waals surface area contributed by atoms with E-state index in [4.69, 9.17) is 0 Å². The highest BCUT2D eigenvalue weighted by molar-refractivity contribution is 7.11. The van der Waals surface area contributed by atoms with Crippen LogP contribution in [0.25, 0.3) is 0 Å². The maximum absolute atomic E-state index is 13.0. The third kappa shape index (κ3) is 3.01. The molecular weight excluding hydrogens is 259 g/mol. The summed E-state index contributed by atoms with van der Waals surface area (Å²) in [5, 5.41) is 4.43. The molecule has 0 saturated heterocycles. The first-order valence-electron chi connectivity index (χ1n) is 6.32. The van der Waals surface area contributed by atoms with Gasteiger partial charge in [0, 0.05) is 4.88 Å². The average Bonchev–Trinajstić information content (AvgIpc) is 2.73. The van der Waals surface area contributed by atoms with Crippen molar-refractivity contribution in [3.05, 3.63) is 51.2 Å². The maximum Gasteiger partial charge on any atom is 0.123 e. The molecule has 2 aromatic rings. The van der Waals surface area contributed by atoms with Gasteiger partial charge < -0.3 is 5.32 Å². The molecule has 1 aromatic heterocycles. The zero-order chi connectivity index (χ0) is 14.0. The van der Waals surface area contributed by atoms with E-state index in [0.717, 1.165) is 22.7 Å². The zero-order valence-corrected chi connectivity index (χ0v) is 12.6. The second kappa shape index (κ2) is 5.39. The lowest BCUT2D eigenvalue weighted by molar-refractivity contribution is 0.394. The number of aryl methyl sites for hydroxylation is 2. The summed E-state index contributed by atoms with van der Waals surface area (Å²) in [6.45, 7) is 6.25. The highest BCUT2D eigenvalue weighted by Crippen LogP contribution is 2.30. The van der Waals surface area contributed by atoms with Crippen LogP contribution in [0.1, 0.15) is 28.1 Å². The largest absolute Gasteiger partial charge is 0.308 e. The Bertz CT molecular complexity index is 543. The van der Waals surface area contributed by atoms with Gasteiger partial charge in [-0.05, 0) is 51.9 Å². The van der Waals surface area contributed by atoms with Crippen molar-refractivity contribution in [1.82, 2.24) is 10.3 Å². The minimum Gasteiger partial charge on any atom is -0.308 e. The molecule has 1 atom stereocenters. The number of nitrogens with zero attached hydrogens (tertiary/aromatic N) is 1. The van der Waals surface area contributed by atoms with Crippen molar-refractivity contribution in [3.63, 3.8) is 0 Å². The van der Waals surface area contributed by atoms with Crippen LogP contribution in [0.5, 0.6) is 0 Å². The smallest absolute Gasteiger partial charge is 0.123 e. The molecule has 0 amide bonds. The SMILES string of the molecule is CNC(C)(Cc1ccc(F)cc1)c1nc(C)c(C)s1. The quantitative estimate of drug-likeness (QED) is 0.924. The van der Waals surface area contributed by atoms with E-state index in [1.165, 1.54) is 17.0 Å². The van der Waals surface area contributed by atoms with Gasteiger partial charge in [-0.2, -0.15) is 0 Å². The molecule has 1 aromatic carbocycles. The Kier molecular flexibility index (Phi) is 4.02. The van der Waals surface area contributed by atoms with Crippen molar-refractivity contribution in [2.24, 2.45) is 0 Å². The number of rotatable bonds is 4. The molecule has 2 nitrogen and oxygen atoms in total. The van der Waals surface area contributed by atoms with Crippen LogP contribution in [-0.2, 0) is 12.0 Å². The van der Waals surface area contributed by atoms with E-state index in [0.29, 0.717) is 0 Å². The molecule has 0 radical (unpaired) electrons. The van der Waals surface area contributed by atoms with E-state index in [1.807, 2.05) is 26.1 Å². The molecule has 2 rings (SSSR count). The van der Waals surface area contributed by atoms with Crippen molar-refractivity contribution in [3.8, 4) is 0 Å². The number of hydrogen-bond acceptors (Lipinski definition) is 3. The minimum atomic E-state index is -0.221. The van der Waals surface area contributed by atoms with Crippen LogP contribution in [0, 0.1) is 19.7 Å². The van der Waals surface area contributed by atoms with Crippen LogP contribution in [0.3, 0.4) is 0 Å². The molecule has 0 aliphatic heterocycles. The van der Waals surface area contributed by atoms with Gasteiger partial charge in [0.05, 0.1) is 11.2 Å². The first-order valence-corrected chi connectivity index (χ1v) is 7.14. The van der Waals surface area contributed by atoms with Crippen LogP contribution >= 0.6 is 11.3 Å². The van der Waals surface area contributed by atoms with Gasteiger partial charge in [-0.3, -0.25) is 0 Å². The van der Waals surface area contributed by atoms with Crippen molar-refractivity contribution in [2.75, 3.05) is 7.05 Å². The lowest BCUT2D eigenvalue weighted by Gasteiger charge is -2.27. The Morgan fingerprint density at radius 2 is 1.89 bits per heavy atom. The van der Waals surface area contributed by atoms with E-state index < -0.39 is 0 Å². The van der Waals surface area contributed by atoms with Gasteiger partial charge in [-0.15, -0.1) is 11.3 Å². The highest BCUT2D eigenvalue weighted by atomic mass is 32.1. The van der Waals surface area contributed by atoms with E-state index in [-0.39, 0.29) is 11.4 Å². The molecule has 1 unspecified atom stereocenters. The first-order chi connectivity index (χ1) is 8.94. The topological polar surface area (TPSA) is 24.9 Å². The molecule has 0 fully saturated rings. The Balaban J connectivity index is 2.29. The van der Waals surface area contributed by atoms with Gasteiger partial charge in [-0.1, -0.05) is 12.1 Å². The van der Waals surface area contributed by atoms with Gasteiger partial charge in [0.2, 0.25) is 0 Å². The number of likely N-dealkylation sites (N-methyl/N-ethyl adjacent to an activating group) is 1. The zero-order valence-electron chi connectivity index (χ0n) is 11.7. The lowest BCUT2D eigenvalue weighted by Crippen LogP contribution is -2.39. The molecule has 4 heteroatoms. The Labute approximate surface area is 117 Å². The fourth-order valence-electron chi connectivity index (χ4n) is 1.99. The molecule has 0 spiro atoms. The second-order valence-corrected chi connectivity index (χ2v) is 6.25. The van der Waals surface area contributed by atoms with Crippen molar-refractivity contribution < 1.29 is 4.39 Å². The molecular formula is C15H19FN2S. The lowest BCUT2D eigenvalue weighted by atomic mass is 9.93. The minimum absolute atomic E-state index is 0.198. The predicted molar refractivity (Wildman–Crippen MR) is 78.1 cm³/mol. The van der Waals surface area contributed by atoms with Crippen LogP contribution in [0.4, 0.5) is 4.39 Å². The normalized spacial score (nSPS) is 14.4. The Morgan fingerprint density at radius 3 is 2.37 bits per heavy atom. The van der Waals surface area contributed by atoms with Crippen molar-refractivity contribution >= 4 is 11.3 Å². The van der Waals surface area contributed by atoms with Crippen LogP contribution in [-0.4, -0.2) is 12.0 Å². The third-order valence-electron chi connectivity index (χ3n) is 3.52. The van der Waals surface area contributed by atoms with Crippen LogP contribution < -0.4 is 5.32 Å². The maximum atomic E-state index is 13.0. The van der Waals surface area contributed by atoms with E-state index in [9.17, 15) is 4.39 Å². The monoisotopic (exact) mass is 278 g/mol. The molecule has 1 N–H and O–H groups in total. The Morgan fingerprint density at radius 1 is 1.26 bits per heavy atom. The average molecular weight is 278 g/mol. The fourth-order valence-corrected chi connectivity index (χ4v) is 3.06. The fraction of sp³-hybridized carbons (Fsp3) is 0.400. The first kappa shape index (κ1) is 14.2. The standard InChI is InChI=1S/C15H19FN2S/c1-10-11(2)19-14(18-10)15(3,17-4)9-12-5-7-13(16)8-6-12/h5-8,17H,9H2,1-4H3. The second-order valence-electron chi connectivity index (χ2n) is 5.05. The number of halogens is 1. The van der Waals surface area contributed by atoms with E-state index in [1.54, 1.807) is 11.3 Å². The summed E-state index contributed by atoms with van der Waals surface area (Å²) in [4.78, 5) is 5.89. The molecule has 102 valence electrons. The Hall–Kier alpha value is -1.26. The number of aromatic nitrogens is 1. The predicted octanol–water partition coefficient (Wildman–Crippen LogP) is 3.58. The summed E-state index contributed by atoms with van der Waals surface area (Å²) < 4.78 is 13.0. The summed E-state index contributed by atoms with van der Waals surface area (Å²) in [6, 6.07) is 6.67. The summed E-state index contributed by atoms with van der Waals surface area (Å²) in [5.41, 5.74) is 1.96. The molecule has 19 heavy (non-hydrogen) atoms. The van der Waals surface area contributed by atoms with Crippen LogP contribution in [0.15, 0.2) is 24.3 Å². The van der Waals surface area contributed by atoms with Gasteiger partial charge in [0.25, 0.3) is 0 Å². The number of thiazole rings is 1. The molecule has 0 saturated carbocycles. The van der Waals surface area contributed by atoms with Gasteiger partial charge in [0.15, 0.2) is 0 Å². The molecule has 0 bridgehead atoms. The van der Waals surface area contributed by atoms with Gasteiger partial charge in [-0.25, -0.2) is 9.37 Å². The van der Waals surface area contributed by atoms with Crippen LogP contribution in [0.2, 0.25) is 0 Å². The molecule has 1 heterocycles. The van der Waals surface area contributed by atoms with Gasteiger partial charge >= 0.3 is 0 Å². The highest BCUT2D eigenvalue weighted by Gasteiger charge is 2.28. The van der Waals surface area contributed by atoms with Gasteiger partial charge in [0.1, 0.15) is 10.8 Å². The van der Waals surface area contributed by atoms with Crippen molar-refractivity contribution in [2.45, 2.75) is 32.7 Å². The molecule has 0 aliphatic carbocycles. The van der Waals surface area contributed by atoms with E-state index in [2.05, 4.69) is 24.1 Å². The number of nitrogens with one attached hydrogen (secondary N) is 1. The number of hydrogen-bond donors (Lipinski definition) is 1. The summed E-state index contributed by atoms with van der Waals surface area (Å²) in [5.74, 6) is -0.198. The summed E-state index contributed by atoms with van der Waals surface area (Å²) in [7, 11) is 1.94. The molecule has 0 aliphatic rings. The summed E-state index contributed by atoms with van der Waals surface area (Å²) >= 11 is 1.72. The third-order valence-corrected chi connectivity index (χ3v) is 4.86. The number of benzene rings is 1. The van der Waals surface area contributed by atoms with E-state index >= 15 is 0 Å². The van der Waals surface area contributed by atoms with Crippen molar-refractivity contribution in [1.29, 1.82) is 0 Å². The summed E-state index contributed by atoms with van der Waals surface area (Å²) in [6.07, 6.45) is 0.788.